The Morgan fingerprint density at radius 2 is 2.06 bits per heavy atom. The fraction of sp³-hybridized carbons (Fsp3) is 0.429. The number of hydrogen-bond acceptors (Lipinski definition) is 2. The van der Waals surface area contributed by atoms with E-state index in [-0.39, 0.29) is 6.04 Å². The fourth-order valence-electron chi connectivity index (χ4n) is 2.14. The lowest BCUT2D eigenvalue weighted by Gasteiger charge is -2.11. The third-order valence-electron chi connectivity index (χ3n) is 2.94. The Kier molecular flexibility index (Phi) is 3.75. The summed E-state index contributed by atoms with van der Waals surface area (Å²) in [5.41, 5.74) is 1.95. The lowest BCUT2D eigenvalue weighted by molar-refractivity contribution is 0.428. The van der Waals surface area contributed by atoms with Crippen molar-refractivity contribution in [3.05, 3.63) is 34.5 Å². The van der Waals surface area contributed by atoms with Crippen molar-refractivity contribution in [2.75, 3.05) is 6.54 Å². The highest BCUT2D eigenvalue weighted by Gasteiger charge is 2.15. The van der Waals surface area contributed by atoms with Crippen molar-refractivity contribution in [2.45, 2.75) is 33.2 Å². The third-order valence-corrected chi connectivity index (χ3v) is 3.22. The van der Waals surface area contributed by atoms with Gasteiger partial charge in [0.2, 0.25) is 0 Å². The summed E-state index contributed by atoms with van der Waals surface area (Å²) in [4.78, 5) is 0. The SMILES string of the molecule is CCNC(CC)c1cc2cc(C)cc(Cl)c2o1. The topological polar surface area (TPSA) is 25.2 Å². The van der Waals surface area contributed by atoms with Crippen LogP contribution in [0.15, 0.2) is 22.6 Å². The Labute approximate surface area is 107 Å². The van der Waals surface area contributed by atoms with Crippen molar-refractivity contribution in [1.82, 2.24) is 5.32 Å². The molecule has 92 valence electrons. The highest BCUT2D eigenvalue weighted by molar-refractivity contribution is 6.34. The zero-order chi connectivity index (χ0) is 12.4. The molecule has 0 aliphatic rings. The predicted octanol–water partition coefficient (Wildman–Crippen LogP) is 4.46. The summed E-state index contributed by atoms with van der Waals surface area (Å²) >= 11 is 6.19. The molecule has 0 radical (unpaired) electrons. The molecule has 0 fully saturated rings. The van der Waals surface area contributed by atoms with Gasteiger partial charge in [-0.25, -0.2) is 0 Å². The average Bonchev–Trinajstić information content (AvgIpc) is 2.69. The first kappa shape index (κ1) is 12.5. The molecule has 2 nitrogen and oxygen atoms in total. The standard InChI is InChI=1S/C14H18ClNO/c1-4-12(16-5-2)13-8-10-6-9(3)7-11(15)14(10)17-13/h6-8,12,16H,4-5H2,1-3H3. The maximum Gasteiger partial charge on any atom is 0.152 e. The lowest BCUT2D eigenvalue weighted by atomic mass is 10.1. The van der Waals surface area contributed by atoms with Gasteiger partial charge in [-0.15, -0.1) is 0 Å². The van der Waals surface area contributed by atoms with E-state index in [1.54, 1.807) is 0 Å². The number of rotatable bonds is 4. The summed E-state index contributed by atoms with van der Waals surface area (Å²) in [7, 11) is 0. The van der Waals surface area contributed by atoms with Gasteiger partial charge < -0.3 is 9.73 Å². The van der Waals surface area contributed by atoms with E-state index in [9.17, 15) is 0 Å². The molecule has 1 aromatic heterocycles. The van der Waals surface area contributed by atoms with Crippen molar-refractivity contribution in [1.29, 1.82) is 0 Å². The molecule has 2 rings (SSSR count). The van der Waals surface area contributed by atoms with Crippen LogP contribution in [0.1, 0.15) is 37.6 Å². The smallest absolute Gasteiger partial charge is 0.152 e. The molecule has 1 atom stereocenters. The minimum absolute atomic E-state index is 0.267. The first-order chi connectivity index (χ1) is 8.15. The van der Waals surface area contributed by atoms with E-state index >= 15 is 0 Å². The van der Waals surface area contributed by atoms with Gasteiger partial charge in [-0.05, 0) is 43.7 Å². The van der Waals surface area contributed by atoms with Gasteiger partial charge in [-0.2, -0.15) is 0 Å². The molecule has 1 N–H and O–H groups in total. The van der Waals surface area contributed by atoms with Gasteiger partial charge in [-0.1, -0.05) is 25.4 Å². The number of fused-ring (bicyclic) bond motifs is 1. The Bertz CT molecular complexity index is 518. The number of furan rings is 1. The second-order valence-electron chi connectivity index (χ2n) is 4.33. The van der Waals surface area contributed by atoms with Crippen LogP contribution in [-0.2, 0) is 0 Å². The first-order valence-corrected chi connectivity index (χ1v) is 6.46. The predicted molar refractivity (Wildman–Crippen MR) is 72.7 cm³/mol. The molecule has 1 unspecified atom stereocenters. The van der Waals surface area contributed by atoms with Crippen molar-refractivity contribution >= 4 is 22.6 Å². The molecular formula is C14H18ClNO. The van der Waals surface area contributed by atoms with Crippen LogP contribution in [0.25, 0.3) is 11.0 Å². The van der Waals surface area contributed by atoms with Crippen LogP contribution in [-0.4, -0.2) is 6.54 Å². The molecular weight excluding hydrogens is 234 g/mol. The lowest BCUT2D eigenvalue weighted by Crippen LogP contribution is -2.19. The highest BCUT2D eigenvalue weighted by atomic mass is 35.5. The van der Waals surface area contributed by atoms with Gasteiger partial charge >= 0.3 is 0 Å². The van der Waals surface area contributed by atoms with Gasteiger partial charge in [0.15, 0.2) is 5.58 Å². The van der Waals surface area contributed by atoms with E-state index in [1.165, 1.54) is 0 Å². The molecule has 2 aromatic rings. The Balaban J connectivity index is 2.46. The molecule has 0 saturated carbocycles. The van der Waals surface area contributed by atoms with Gasteiger partial charge in [0.05, 0.1) is 11.1 Å². The van der Waals surface area contributed by atoms with Crippen LogP contribution in [0.4, 0.5) is 0 Å². The number of benzene rings is 1. The van der Waals surface area contributed by atoms with Crippen LogP contribution in [0, 0.1) is 6.92 Å². The summed E-state index contributed by atoms with van der Waals surface area (Å²) in [5.74, 6) is 0.969. The molecule has 0 bridgehead atoms. The van der Waals surface area contributed by atoms with E-state index in [0.29, 0.717) is 5.02 Å². The average molecular weight is 252 g/mol. The molecule has 0 spiro atoms. The van der Waals surface area contributed by atoms with Crippen molar-refractivity contribution in [3.8, 4) is 0 Å². The number of hydrogen-bond donors (Lipinski definition) is 1. The Morgan fingerprint density at radius 1 is 1.29 bits per heavy atom. The molecule has 0 amide bonds. The molecule has 0 saturated heterocycles. The fourth-order valence-corrected chi connectivity index (χ4v) is 2.46. The second-order valence-corrected chi connectivity index (χ2v) is 4.74. The molecule has 3 heteroatoms. The molecule has 1 aromatic carbocycles. The quantitative estimate of drug-likeness (QED) is 0.868. The van der Waals surface area contributed by atoms with Gasteiger partial charge in [-0.3, -0.25) is 0 Å². The van der Waals surface area contributed by atoms with Crippen LogP contribution < -0.4 is 5.32 Å². The van der Waals surface area contributed by atoms with E-state index in [0.717, 1.165) is 35.3 Å². The van der Waals surface area contributed by atoms with E-state index in [2.05, 4.69) is 31.3 Å². The number of halogens is 1. The van der Waals surface area contributed by atoms with Crippen LogP contribution >= 0.6 is 11.6 Å². The van der Waals surface area contributed by atoms with Crippen molar-refractivity contribution in [2.24, 2.45) is 0 Å². The van der Waals surface area contributed by atoms with Crippen LogP contribution in [0.3, 0.4) is 0 Å². The number of nitrogens with one attached hydrogen (secondary N) is 1. The highest BCUT2D eigenvalue weighted by Crippen LogP contribution is 2.31. The minimum atomic E-state index is 0.267. The van der Waals surface area contributed by atoms with Gasteiger partial charge in [0, 0.05) is 5.39 Å². The maximum absolute atomic E-state index is 6.19. The van der Waals surface area contributed by atoms with E-state index in [1.807, 2.05) is 13.0 Å². The summed E-state index contributed by atoms with van der Waals surface area (Å²) in [5, 5.41) is 5.18. The third kappa shape index (κ3) is 2.48. The molecule has 17 heavy (non-hydrogen) atoms. The zero-order valence-electron chi connectivity index (χ0n) is 10.5. The maximum atomic E-state index is 6.19. The minimum Gasteiger partial charge on any atom is -0.458 e. The van der Waals surface area contributed by atoms with Gasteiger partial charge in [0.1, 0.15) is 5.76 Å². The van der Waals surface area contributed by atoms with Crippen molar-refractivity contribution in [3.63, 3.8) is 0 Å². The Hall–Kier alpha value is -0.990. The normalized spacial score (nSPS) is 13.2. The van der Waals surface area contributed by atoms with E-state index < -0.39 is 0 Å². The van der Waals surface area contributed by atoms with Gasteiger partial charge in [0.25, 0.3) is 0 Å². The summed E-state index contributed by atoms with van der Waals surface area (Å²) in [6.45, 7) is 7.22. The summed E-state index contributed by atoms with van der Waals surface area (Å²) in [6.07, 6.45) is 1.00. The molecule has 0 aliphatic carbocycles. The zero-order valence-corrected chi connectivity index (χ0v) is 11.3. The second kappa shape index (κ2) is 5.11. The van der Waals surface area contributed by atoms with Crippen molar-refractivity contribution < 1.29 is 4.42 Å². The van der Waals surface area contributed by atoms with Crippen LogP contribution in [0.5, 0.6) is 0 Å². The molecule has 0 aliphatic heterocycles. The summed E-state index contributed by atoms with van der Waals surface area (Å²) in [6, 6.07) is 6.40. The first-order valence-electron chi connectivity index (χ1n) is 6.08. The number of aryl methyl sites for hydroxylation is 1. The Morgan fingerprint density at radius 3 is 2.71 bits per heavy atom. The summed E-state index contributed by atoms with van der Waals surface area (Å²) < 4.78 is 5.86. The molecule has 1 heterocycles. The largest absolute Gasteiger partial charge is 0.458 e. The van der Waals surface area contributed by atoms with E-state index in [4.69, 9.17) is 16.0 Å². The monoisotopic (exact) mass is 251 g/mol. The van der Waals surface area contributed by atoms with Crippen LogP contribution in [0.2, 0.25) is 5.02 Å².